The Kier molecular flexibility index (Phi) is 8.72. The molecule has 8 heteroatoms. The van der Waals surface area contributed by atoms with Gasteiger partial charge in [-0.15, -0.1) is 11.3 Å². The second-order valence-corrected chi connectivity index (χ2v) is 8.19. The molecule has 1 aromatic heterocycles. The van der Waals surface area contributed by atoms with Crippen LogP contribution in [0.4, 0.5) is 0 Å². The topological polar surface area (TPSA) is 70.7 Å². The van der Waals surface area contributed by atoms with Gasteiger partial charge in [0.1, 0.15) is 0 Å². The lowest BCUT2D eigenvalue weighted by molar-refractivity contribution is -0.126. The Balaban J connectivity index is 1.48. The number of carbonyl (C=O) groups is 2. The van der Waals surface area contributed by atoms with E-state index >= 15 is 0 Å². The zero-order valence-corrected chi connectivity index (χ0v) is 16.1. The SMILES string of the molecule is O=C(CCCc1ccc(Br)s1)NCC(=O)NCCN1CCOCC1. The Bertz CT molecular complexity index is 532. The smallest absolute Gasteiger partial charge is 0.239 e. The van der Waals surface area contributed by atoms with E-state index in [1.807, 2.05) is 6.07 Å². The van der Waals surface area contributed by atoms with Crippen LogP contribution in [0.2, 0.25) is 0 Å². The zero-order chi connectivity index (χ0) is 17.2. The number of nitrogens with zero attached hydrogens (tertiary/aromatic N) is 1. The lowest BCUT2D eigenvalue weighted by Gasteiger charge is -2.26. The summed E-state index contributed by atoms with van der Waals surface area (Å²) in [6.45, 7) is 4.80. The summed E-state index contributed by atoms with van der Waals surface area (Å²) >= 11 is 5.11. The van der Waals surface area contributed by atoms with Crippen molar-refractivity contribution in [1.29, 1.82) is 0 Å². The molecule has 1 aromatic rings. The van der Waals surface area contributed by atoms with E-state index in [2.05, 4.69) is 37.5 Å². The minimum absolute atomic E-state index is 0.0481. The number of hydrogen-bond acceptors (Lipinski definition) is 5. The molecular weight excluding hydrogens is 394 g/mol. The predicted octanol–water partition coefficient (Wildman–Crippen LogP) is 1.40. The highest BCUT2D eigenvalue weighted by Gasteiger charge is 2.10. The number of nitrogens with one attached hydrogen (secondary N) is 2. The first-order valence-electron chi connectivity index (χ1n) is 8.21. The molecule has 0 radical (unpaired) electrons. The highest BCUT2D eigenvalue weighted by Crippen LogP contribution is 2.23. The number of ether oxygens (including phenoxy) is 1. The molecule has 2 heterocycles. The van der Waals surface area contributed by atoms with Crippen molar-refractivity contribution in [2.45, 2.75) is 19.3 Å². The van der Waals surface area contributed by atoms with Crippen LogP contribution in [0, 0.1) is 0 Å². The number of aryl methyl sites for hydroxylation is 1. The molecule has 134 valence electrons. The van der Waals surface area contributed by atoms with Gasteiger partial charge in [-0.3, -0.25) is 14.5 Å². The molecule has 2 rings (SSSR count). The Morgan fingerprint density at radius 3 is 2.71 bits per heavy atom. The summed E-state index contributed by atoms with van der Waals surface area (Å²) < 4.78 is 6.38. The minimum atomic E-state index is -0.140. The number of halogens is 1. The fourth-order valence-electron chi connectivity index (χ4n) is 2.42. The van der Waals surface area contributed by atoms with Crippen molar-refractivity contribution in [3.63, 3.8) is 0 Å². The first-order valence-corrected chi connectivity index (χ1v) is 9.82. The van der Waals surface area contributed by atoms with Crippen LogP contribution >= 0.6 is 27.3 Å². The molecule has 0 saturated carbocycles. The Morgan fingerprint density at radius 1 is 1.21 bits per heavy atom. The molecular formula is C16H24BrN3O3S. The van der Waals surface area contributed by atoms with Crippen LogP contribution in [0.15, 0.2) is 15.9 Å². The maximum atomic E-state index is 11.7. The number of amides is 2. The Labute approximate surface area is 155 Å². The maximum absolute atomic E-state index is 11.7. The molecule has 0 unspecified atom stereocenters. The monoisotopic (exact) mass is 417 g/mol. The van der Waals surface area contributed by atoms with E-state index in [9.17, 15) is 9.59 Å². The molecule has 1 saturated heterocycles. The molecule has 6 nitrogen and oxygen atoms in total. The fourth-order valence-corrected chi connectivity index (χ4v) is 3.94. The first kappa shape index (κ1) is 19.4. The standard InChI is InChI=1S/C16H24BrN3O3S/c17-14-5-4-13(24-14)2-1-3-15(21)19-12-16(22)18-6-7-20-8-10-23-11-9-20/h4-5H,1-3,6-12H2,(H,18,22)(H,19,21). The van der Waals surface area contributed by atoms with Crippen molar-refractivity contribution < 1.29 is 14.3 Å². The molecule has 1 aliphatic heterocycles. The van der Waals surface area contributed by atoms with E-state index in [0.717, 1.165) is 49.5 Å². The van der Waals surface area contributed by atoms with Gasteiger partial charge < -0.3 is 15.4 Å². The van der Waals surface area contributed by atoms with Gasteiger partial charge in [-0.05, 0) is 40.9 Å². The molecule has 0 spiro atoms. The van der Waals surface area contributed by atoms with E-state index < -0.39 is 0 Å². The number of carbonyl (C=O) groups excluding carboxylic acids is 2. The van der Waals surface area contributed by atoms with E-state index in [1.54, 1.807) is 11.3 Å². The lowest BCUT2D eigenvalue weighted by Crippen LogP contribution is -2.43. The molecule has 0 atom stereocenters. The van der Waals surface area contributed by atoms with Crippen molar-refractivity contribution >= 4 is 39.1 Å². The number of thiophene rings is 1. The second-order valence-electron chi connectivity index (χ2n) is 5.64. The molecule has 0 bridgehead atoms. The van der Waals surface area contributed by atoms with Crippen LogP contribution in [0.1, 0.15) is 17.7 Å². The maximum Gasteiger partial charge on any atom is 0.239 e. The average Bonchev–Trinajstić information content (AvgIpc) is 2.99. The molecule has 2 N–H and O–H groups in total. The normalized spacial score (nSPS) is 15.2. The van der Waals surface area contributed by atoms with E-state index in [4.69, 9.17) is 4.74 Å². The van der Waals surface area contributed by atoms with Crippen LogP contribution in [-0.4, -0.2) is 62.7 Å². The molecule has 0 aromatic carbocycles. The van der Waals surface area contributed by atoms with Gasteiger partial charge in [0.2, 0.25) is 11.8 Å². The highest BCUT2D eigenvalue weighted by atomic mass is 79.9. The van der Waals surface area contributed by atoms with Gasteiger partial charge in [-0.25, -0.2) is 0 Å². The molecule has 1 aliphatic rings. The van der Waals surface area contributed by atoms with Gasteiger partial charge in [-0.1, -0.05) is 0 Å². The predicted molar refractivity (Wildman–Crippen MR) is 98.2 cm³/mol. The van der Waals surface area contributed by atoms with Crippen molar-refractivity contribution in [3.05, 3.63) is 20.8 Å². The highest BCUT2D eigenvalue weighted by molar-refractivity contribution is 9.11. The summed E-state index contributed by atoms with van der Waals surface area (Å²) in [6, 6.07) is 4.08. The van der Waals surface area contributed by atoms with E-state index in [1.165, 1.54) is 4.88 Å². The van der Waals surface area contributed by atoms with Crippen LogP contribution in [0.5, 0.6) is 0 Å². The number of morpholine rings is 1. The number of rotatable bonds is 9. The quantitative estimate of drug-likeness (QED) is 0.636. The Hall–Kier alpha value is -0.960. The largest absolute Gasteiger partial charge is 0.379 e. The van der Waals surface area contributed by atoms with Crippen LogP contribution in [0.3, 0.4) is 0 Å². The summed E-state index contributed by atoms with van der Waals surface area (Å²) in [5, 5.41) is 5.50. The third-order valence-corrected chi connectivity index (χ3v) is 5.44. The minimum Gasteiger partial charge on any atom is -0.379 e. The van der Waals surface area contributed by atoms with E-state index in [0.29, 0.717) is 13.0 Å². The molecule has 2 amide bonds. The summed E-state index contributed by atoms with van der Waals surface area (Å²) in [5.74, 6) is -0.215. The van der Waals surface area contributed by atoms with Crippen molar-refractivity contribution in [1.82, 2.24) is 15.5 Å². The van der Waals surface area contributed by atoms with Crippen LogP contribution < -0.4 is 10.6 Å². The Morgan fingerprint density at radius 2 is 2.00 bits per heavy atom. The third kappa shape index (κ3) is 7.74. The van der Waals surface area contributed by atoms with Crippen molar-refractivity contribution in [3.8, 4) is 0 Å². The molecule has 1 fully saturated rings. The van der Waals surface area contributed by atoms with Gasteiger partial charge in [-0.2, -0.15) is 0 Å². The molecule has 0 aliphatic carbocycles. The first-order chi connectivity index (χ1) is 11.6. The summed E-state index contributed by atoms with van der Waals surface area (Å²) in [5.41, 5.74) is 0. The van der Waals surface area contributed by atoms with E-state index in [-0.39, 0.29) is 18.4 Å². The second kappa shape index (κ2) is 10.8. The fraction of sp³-hybridized carbons (Fsp3) is 0.625. The van der Waals surface area contributed by atoms with Crippen LogP contribution in [0.25, 0.3) is 0 Å². The average molecular weight is 418 g/mol. The summed E-state index contributed by atoms with van der Waals surface area (Å²) in [6.07, 6.45) is 2.11. The van der Waals surface area contributed by atoms with Gasteiger partial charge in [0, 0.05) is 37.5 Å². The van der Waals surface area contributed by atoms with Gasteiger partial charge in [0.25, 0.3) is 0 Å². The van der Waals surface area contributed by atoms with Gasteiger partial charge in [0.05, 0.1) is 23.5 Å². The summed E-state index contributed by atoms with van der Waals surface area (Å²) in [4.78, 5) is 27.0. The van der Waals surface area contributed by atoms with Crippen molar-refractivity contribution in [2.75, 3.05) is 45.9 Å². The summed E-state index contributed by atoms with van der Waals surface area (Å²) in [7, 11) is 0. The zero-order valence-electron chi connectivity index (χ0n) is 13.7. The van der Waals surface area contributed by atoms with Gasteiger partial charge >= 0.3 is 0 Å². The van der Waals surface area contributed by atoms with Crippen LogP contribution in [-0.2, 0) is 20.7 Å². The van der Waals surface area contributed by atoms with Crippen molar-refractivity contribution in [2.24, 2.45) is 0 Å². The number of hydrogen-bond donors (Lipinski definition) is 2. The third-order valence-electron chi connectivity index (χ3n) is 3.76. The lowest BCUT2D eigenvalue weighted by atomic mass is 10.2. The molecule has 24 heavy (non-hydrogen) atoms. The van der Waals surface area contributed by atoms with Gasteiger partial charge in [0.15, 0.2) is 0 Å².